The lowest BCUT2D eigenvalue weighted by Gasteiger charge is -2.04. The number of hydrogen-bond donors (Lipinski definition) is 2. The first-order valence-electron chi connectivity index (χ1n) is 5.79. The van der Waals surface area contributed by atoms with Crippen LogP contribution in [0.4, 0.5) is 17.6 Å². The topological polar surface area (TPSA) is 53.6 Å². The first kappa shape index (κ1) is 13.3. The van der Waals surface area contributed by atoms with Gasteiger partial charge < -0.3 is 5.32 Å². The SMILES string of the molecule is F[C@H]1CN[C@H](c2n[nH]c(CCCC(F)(F)F)n2)C1. The van der Waals surface area contributed by atoms with Gasteiger partial charge in [0.05, 0.1) is 6.04 Å². The van der Waals surface area contributed by atoms with Gasteiger partial charge in [-0.1, -0.05) is 0 Å². The Morgan fingerprint density at radius 2 is 2.11 bits per heavy atom. The van der Waals surface area contributed by atoms with E-state index in [9.17, 15) is 17.6 Å². The lowest BCUT2D eigenvalue weighted by molar-refractivity contribution is -0.135. The number of nitrogens with one attached hydrogen (secondary N) is 2. The number of aryl methyl sites for hydroxylation is 1. The number of H-pyrrole nitrogens is 1. The van der Waals surface area contributed by atoms with Crippen LogP contribution in [0.15, 0.2) is 0 Å². The Morgan fingerprint density at radius 3 is 2.72 bits per heavy atom. The van der Waals surface area contributed by atoms with E-state index < -0.39 is 18.8 Å². The molecule has 2 atom stereocenters. The van der Waals surface area contributed by atoms with Gasteiger partial charge in [0.2, 0.25) is 0 Å². The molecule has 1 saturated heterocycles. The molecule has 1 aromatic rings. The smallest absolute Gasteiger partial charge is 0.304 e. The summed E-state index contributed by atoms with van der Waals surface area (Å²) in [6.45, 7) is 0.266. The summed E-state index contributed by atoms with van der Waals surface area (Å²) >= 11 is 0. The van der Waals surface area contributed by atoms with Gasteiger partial charge in [0.25, 0.3) is 0 Å². The molecule has 0 saturated carbocycles. The van der Waals surface area contributed by atoms with Crippen LogP contribution in [0, 0.1) is 0 Å². The van der Waals surface area contributed by atoms with Gasteiger partial charge in [-0.2, -0.15) is 18.3 Å². The molecule has 0 spiro atoms. The Labute approximate surface area is 101 Å². The van der Waals surface area contributed by atoms with Crippen molar-refractivity contribution in [2.24, 2.45) is 0 Å². The molecule has 2 rings (SSSR count). The van der Waals surface area contributed by atoms with Crippen LogP contribution in [0.25, 0.3) is 0 Å². The summed E-state index contributed by atoms with van der Waals surface area (Å²) in [6.07, 6.45) is -5.42. The number of alkyl halides is 4. The molecule has 0 radical (unpaired) electrons. The van der Waals surface area contributed by atoms with E-state index in [2.05, 4.69) is 20.5 Å². The van der Waals surface area contributed by atoms with Gasteiger partial charge in [-0.3, -0.25) is 5.10 Å². The van der Waals surface area contributed by atoms with Gasteiger partial charge in [0.1, 0.15) is 12.0 Å². The molecule has 18 heavy (non-hydrogen) atoms. The average Bonchev–Trinajstić information content (AvgIpc) is 2.85. The standard InChI is InChI=1S/C10H14F4N4/c11-6-4-7(15-5-6)9-16-8(17-18-9)2-1-3-10(12,13)14/h6-7,15H,1-5H2,(H,16,17,18)/t6-,7+/m1/s1. The Bertz CT molecular complexity index is 389. The summed E-state index contributed by atoms with van der Waals surface area (Å²) in [6, 6.07) is -0.243. The second-order valence-electron chi connectivity index (χ2n) is 4.40. The third kappa shape index (κ3) is 3.66. The molecule has 2 N–H and O–H groups in total. The van der Waals surface area contributed by atoms with Crippen molar-refractivity contribution in [3.8, 4) is 0 Å². The summed E-state index contributed by atoms with van der Waals surface area (Å²) in [5.41, 5.74) is 0. The van der Waals surface area contributed by atoms with E-state index in [0.717, 1.165) is 0 Å². The fourth-order valence-electron chi connectivity index (χ4n) is 1.92. The van der Waals surface area contributed by atoms with Crippen LogP contribution in [0.1, 0.15) is 37.0 Å². The molecule has 0 unspecified atom stereocenters. The van der Waals surface area contributed by atoms with Crippen molar-refractivity contribution in [3.05, 3.63) is 11.6 Å². The molecule has 1 aromatic heterocycles. The van der Waals surface area contributed by atoms with E-state index in [1.165, 1.54) is 0 Å². The maximum Gasteiger partial charge on any atom is 0.389 e. The summed E-state index contributed by atoms with van der Waals surface area (Å²) in [5, 5.41) is 9.41. The van der Waals surface area contributed by atoms with Crippen LogP contribution in [0.2, 0.25) is 0 Å². The quantitative estimate of drug-likeness (QED) is 0.820. The monoisotopic (exact) mass is 266 g/mol. The fraction of sp³-hybridized carbons (Fsp3) is 0.800. The Balaban J connectivity index is 1.83. The molecule has 0 bridgehead atoms. The van der Waals surface area contributed by atoms with Gasteiger partial charge in [-0.15, -0.1) is 0 Å². The Morgan fingerprint density at radius 1 is 1.33 bits per heavy atom. The van der Waals surface area contributed by atoms with Crippen LogP contribution in [0.3, 0.4) is 0 Å². The summed E-state index contributed by atoms with van der Waals surface area (Å²) in [5.74, 6) is 0.843. The van der Waals surface area contributed by atoms with E-state index in [1.54, 1.807) is 0 Å². The highest BCUT2D eigenvalue weighted by molar-refractivity contribution is 5.00. The molecule has 102 valence electrons. The predicted octanol–water partition coefficient (Wildman–Crippen LogP) is 2.06. The zero-order valence-corrected chi connectivity index (χ0v) is 9.60. The lowest BCUT2D eigenvalue weighted by atomic mass is 10.2. The minimum atomic E-state index is -4.14. The molecule has 1 aliphatic rings. The fourth-order valence-corrected chi connectivity index (χ4v) is 1.92. The largest absolute Gasteiger partial charge is 0.389 e. The third-order valence-electron chi connectivity index (χ3n) is 2.81. The number of aromatic amines is 1. The second kappa shape index (κ2) is 5.21. The van der Waals surface area contributed by atoms with Crippen molar-refractivity contribution >= 4 is 0 Å². The Kier molecular flexibility index (Phi) is 3.84. The molecular weight excluding hydrogens is 252 g/mol. The molecule has 2 heterocycles. The van der Waals surface area contributed by atoms with Gasteiger partial charge in [-0.25, -0.2) is 9.37 Å². The maximum atomic E-state index is 12.9. The van der Waals surface area contributed by atoms with E-state index in [4.69, 9.17) is 0 Å². The van der Waals surface area contributed by atoms with Gasteiger partial charge in [0.15, 0.2) is 5.82 Å². The van der Waals surface area contributed by atoms with Crippen LogP contribution >= 0.6 is 0 Å². The van der Waals surface area contributed by atoms with Crippen molar-refractivity contribution in [1.29, 1.82) is 0 Å². The van der Waals surface area contributed by atoms with E-state index >= 15 is 0 Å². The number of hydrogen-bond acceptors (Lipinski definition) is 3. The summed E-state index contributed by atoms with van der Waals surface area (Å²) in [7, 11) is 0. The highest BCUT2D eigenvalue weighted by Crippen LogP contribution is 2.24. The summed E-state index contributed by atoms with van der Waals surface area (Å²) < 4.78 is 48.8. The molecule has 0 aromatic carbocycles. The van der Waals surface area contributed by atoms with E-state index in [0.29, 0.717) is 18.1 Å². The zero-order valence-electron chi connectivity index (χ0n) is 9.60. The number of nitrogens with zero attached hydrogens (tertiary/aromatic N) is 2. The highest BCUT2D eigenvalue weighted by Gasteiger charge is 2.28. The van der Waals surface area contributed by atoms with Crippen molar-refractivity contribution in [2.45, 2.75) is 44.1 Å². The van der Waals surface area contributed by atoms with Gasteiger partial charge in [0, 0.05) is 25.8 Å². The van der Waals surface area contributed by atoms with Gasteiger partial charge >= 0.3 is 6.18 Å². The predicted molar refractivity (Wildman–Crippen MR) is 55.6 cm³/mol. The normalized spacial score (nSPS) is 24.7. The van der Waals surface area contributed by atoms with Gasteiger partial charge in [-0.05, 0) is 6.42 Å². The third-order valence-corrected chi connectivity index (χ3v) is 2.81. The minimum Gasteiger partial charge on any atom is -0.304 e. The number of rotatable bonds is 4. The molecule has 4 nitrogen and oxygen atoms in total. The molecule has 0 aliphatic carbocycles. The van der Waals surface area contributed by atoms with Crippen molar-refractivity contribution in [3.63, 3.8) is 0 Å². The van der Waals surface area contributed by atoms with Crippen molar-refractivity contribution < 1.29 is 17.6 Å². The highest BCUT2D eigenvalue weighted by atomic mass is 19.4. The van der Waals surface area contributed by atoms with E-state index in [1.807, 2.05) is 0 Å². The maximum absolute atomic E-state index is 12.9. The minimum absolute atomic E-state index is 0.0258. The van der Waals surface area contributed by atoms with Crippen LogP contribution in [-0.2, 0) is 6.42 Å². The second-order valence-corrected chi connectivity index (χ2v) is 4.40. The molecule has 1 fully saturated rings. The number of halogens is 4. The molecule has 1 aliphatic heterocycles. The molecule has 0 amide bonds. The average molecular weight is 266 g/mol. The molecule has 8 heteroatoms. The first-order chi connectivity index (χ1) is 8.44. The first-order valence-corrected chi connectivity index (χ1v) is 5.79. The Hall–Kier alpha value is -1.18. The van der Waals surface area contributed by atoms with Crippen molar-refractivity contribution in [2.75, 3.05) is 6.54 Å². The van der Waals surface area contributed by atoms with Crippen LogP contribution in [0.5, 0.6) is 0 Å². The van der Waals surface area contributed by atoms with Crippen molar-refractivity contribution in [1.82, 2.24) is 20.5 Å². The lowest BCUT2D eigenvalue weighted by Crippen LogP contribution is -2.15. The van der Waals surface area contributed by atoms with Crippen LogP contribution < -0.4 is 5.32 Å². The summed E-state index contributed by atoms with van der Waals surface area (Å²) in [4.78, 5) is 4.08. The zero-order chi connectivity index (χ0) is 13.2. The van der Waals surface area contributed by atoms with Crippen LogP contribution in [-0.4, -0.2) is 34.1 Å². The number of aromatic nitrogens is 3. The van der Waals surface area contributed by atoms with E-state index in [-0.39, 0.29) is 25.4 Å². The molecular formula is C10H14F4N4.